The first-order valence-corrected chi connectivity index (χ1v) is 12.7. The molecule has 4 aliphatic rings. The van der Waals surface area contributed by atoms with Gasteiger partial charge in [-0.2, -0.15) is 26.3 Å². The van der Waals surface area contributed by atoms with Crippen LogP contribution in [-0.4, -0.2) is 17.9 Å². The van der Waals surface area contributed by atoms with Crippen LogP contribution in [0.1, 0.15) is 63.5 Å². The Morgan fingerprint density at radius 1 is 0.973 bits per heavy atom. The van der Waals surface area contributed by atoms with Crippen molar-refractivity contribution in [2.45, 2.75) is 70.8 Å². The molecule has 2 N–H and O–H groups in total. The average molecular weight is 534 g/mol. The van der Waals surface area contributed by atoms with Gasteiger partial charge in [-0.15, -0.1) is 0 Å². The number of amides is 2. The fourth-order valence-corrected chi connectivity index (χ4v) is 8.06. The molecule has 3 aliphatic carbocycles. The van der Waals surface area contributed by atoms with Gasteiger partial charge in [-0.1, -0.05) is 19.9 Å². The summed E-state index contributed by atoms with van der Waals surface area (Å²) in [6.45, 7) is 4.17. The number of hydrogen-bond acceptors (Lipinski definition) is 2. The molecule has 1 aliphatic heterocycles. The summed E-state index contributed by atoms with van der Waals surface area (Å²) in [4.78, 5) is 25.3. The lowest BCUT2D eigenvalue weighted by molar-refractivity contribution is -0.141. The molecular weight excluding hydrogens is 504 g/mol. The number of carbonyl (C=O) groups excluding carboxylic acids is 2. The summed E-state index contributed by atoms with van der Waals surface area (Å²) < 4.78 is 80.4. The van der Waals surface area contributed by atoms with Crippen molar-refractivity contribution in [3.05, 3.63) is 41.5 Å². The number of hydrogen-bond donors (Lipinski definition) is 2. The second kappa shape index (κ2) is 8.50. The number of nitrogens with one attached hydrogen (secondary N) is 2. The normalized spacial score (nSPS) is 37.3. The summed E-state index contributed by atoms with van der Waals surface area (Å²) in [6, 6.07) is 1.18. The van der Waals surface area contributed by atoms with Crippen molar-refractivity contribution < 1.29 is 35.9 Å². The number of halogens is 6. The van der Waals surface area contributed by atoms with E-state index in [0.717, 1.165) is 25.7 Å². The third kappa shape index (κ3) is 4.24. The molecule has 4 nitrogen and oxygen atoms in total. The minimum Gasteiger partial charge on any atom is -0.349 e. The molecule has 3 saturated carbocycles. The molecule has 0 aromatic heterocycles. The third-order valence-electron chi connectivity index (χ3n) is 9.91. The molecule has 0 bridgehead atoms. The van der Waals surface area contributed by atoms with Gasteiger partial charge < -0.3 is 10.6 Å². The first kappa shape index (κ1) is 26.1. The molecule has 1 heterocycles. The highest BCUT2D eigenvalue weighted by Crippen LogP contribution is 2.65. The Morgan fingerprint density at radius 3 is 2.38 bits per heavy atom. The molecule has 1 aromatic rings. The van der Waals surface area contributed by atoms with Crippen molar-refractivity contribution in [2.24, 2.45) is 34.5 Å². The quantitative estimate of drug-likeness (QED) is 0.422. The second-order valence-corrected chi connectivity index (χ2v) is 11.6. The van der Waals surface area contributed by atoms with Gasteiger partial charge in [0.2, 0.25) is 11.8 Å². The number of alkyl halides is 6. The lowest BCUT2D eigenvalue weighted by atomic mass is 9.48. The van der Waals surface area contributed by atoms with Gasteiger partial charge >= 0.3 is 12.4 Å². The summed E-state index contributed by atoms with van der Waals surface area (Å²) in [5.74, 6) is -0.555. The average Bonchev–Trinajstić information content (AvgIpc) is 3.15. The first-order valence-electron chi connectivity index (χ1n) is 12.7. The van der Waals surface area contributed by atoms with Crippen LogP contribution < -0.4 is 10.6 Å². The van der Waals surface area contributed by atoms with Crippen molar-refractivity contribution >= 4 is 17.5 Å². The largest absolute Gasteiger partial charge is 0.418 e. The zero-order chi connectivity index (χ0) is 27.0. The Bertz CT molecular complexity index is 1140. The van der Waals surface area contributed by atoms with E-state index in [1.54, 1.807) is 6.08 Å². The molecule has 1 aromatic carbocycles. The predicted molar refractivity (Wildman–Crippen MR) is 124 cm³/mol. The molecule has 3 fully saturated rings. The molecule has 7 atom stereocenters. The molecule has 202 valence electrons. The zero-order valence-corrected chi connectivity index (χ0v) is 20.6. The van der Waals surface area contributed by atoms with Gasteiger partial charge in [-0.05, 0) is 86.0 Å². The minimum atomic E-state index is -4.91. The van der Waals surface area contributed by atoms with E-state index in [4.69, 9.17) is 0 Å². The van der Waals surface area contributed by atoms with Crippen molar-refractivity contribution in [3.8, 4) is 0 Å². The van der Waals surface area contributed by atoms with E-state index in [2.05, 4.69) is 17.6 Å². The van der Waals surface area contributed by atoms with Crippen LogP contribution in [0.2, 0.25) is 0 Å². The molecule has 10 heteroatoms. The maximum Gasteiger partial charge on any atom is 0.418 e. The van der Waals surface area contributed by atoms with E-state index in [1.165, 1.54) is 0 Å². The van der Waals surface area contributed by atoms with Gasteiger partial charge in [-0.25, -0.2) is 0 Å². The maximum atomic E-state index is 13.6. The topological polar surface area (TPSA) is 58.2 Å². The van der Waals surface area contributed by atoms with Gasteiger partial charge in [0, 0.05) is 17.4 Å². The summed E-state index contributed by atoms with van der Waals surface area (Å²) >= 11 is 0. The van der Waals surface area contributed by atoms with Gasteiger partial charge in [0.05, 0.1) is 16.8 Å². The maximum absolute atomic E-state index is 13.6. The Balaban J connectivity index is 1.40. The lowest BCUT2D eigenvalue weighted by Crippen LogP contribution is -2.59. The Labute approximate surface area is 211 Å². The van der Waals surface area contributed by atoms with E-state index < -0.39 is 46.4 Å². The minimum absolute atomic E-state index is 0.0535. The molecule has 0 spiro atoms. The summed E-state index contributed by atoms with van der Waals surface area (Å²) in [5, 5.41) is 5.33. The smallest absolute Gasteiger partial charge is 0.349 e. The Morgan fingerprint density at radius 2 is 1.70 bits per heavy atom. The SMILES string of the molecule is C[C@]12C=CC(=O)N[C@@H]1CC[C@@H]1[C@@H]2CC[C@]2(C)[C@@H](C(=O)N[13c]3[13cH][13c](C(F)(F)F)[13cH][13cH][13c]3C(F)(F)F)CC[C@@H]12. The van der Waals surface area contributed by atoms with Crippen molar-refractivity contribution in [2.75, 3.05) is 5.32 Å². The predicted octanol–water partition coefficient (Wildman–Crippen LogP) is 6.58. The molecule has 0 radical (unpaired) electrons. The fraction of sp³-hybridized carbons (Fsp3) is 0.630. The summed E-state index contributed by atoms with van der Waals surface area (Å²) in [6.07, 6.45) is -1.73. The fourth-order valence-electron chi connectivity index (χ4n) is 8.06. The van der Waals surface area contributed by atoms with E-state index in [0.29, 0.717) is 42.9 Å². The number of anilines is 1. The van der Waals surface area contributed by atoms with Crippen LogP contribution in [0.4, 0.5) is 32.0 Å². The molecular formula is C27H30F6N2O2. The van der Waals surface area contributed by atoms with E-state index >= 15 is 0 Å². The highest BCUT2D eigenvalue weighted by atomic mass is 19.4. The standard InChI is InChI=1S/C27H30F6N2O2/c1-24-11-9-17-15(4-8-21-25(17,2)12-10-22(36)35-21)16(24)6-7-19(24)23(37)34-20-13-14(26(28,29)30)3-5-18(20)27(31,32)33/h3,5,10,12-13,15-17,19,21H,4,6-9,11H2,1-2H3,(H,34,37)(H,35,36)/t15-,16-,17-,19+,21+,24-,25+/m0/s1/i3+1,5+1,13+1,14+1,18+1,20+1. The van der Waals surface area contributed by atoms with Crippen LogP contribution in [0, 0.1) is 34.5 Å². The molecule has 0 unspecified atom stereocenters. The molecule has 2 amide bonds. The van der Waals surface area contributed by atoms with Crippen molar-refractivity contribution in [1.82, 2.24) is 5.32 Å². The van der Waals surface area contributed by atoms with Gasteiger partial charge in [-0.3, -0.25) is 9.59 Å². The number of rotatable bonds is 2. The van der Waals surface area contributed by atoms with Crippen molar-refractivity contribution in [3.63, 3.8) is 0 Å². The Kier molecular flexibility index (Phi) is 5.99. The first-order chi connectivity index (χ1) is 17.1. The van der Waals surface area contributed by atoms with Gasteiger partial charge in [0.25, 0.3) is 0 Å². The summed E-state index contributed by atoms with van der Waals surface area (Å²) in [7, 11) is 0. The molecule has 5 rings (SSSR count). The van der Waals surface area contributed by atoms with E-state index in [-0.39, 0.29) is 23.3 Å². The van der Waals surface area contributed by atoms with Crippen LogP contribution in [0.3, 0.4) is 0 Å². The zero-order valence-electron chi connectivity index (χ0n) is 20.6. The highest BCUT2D eigenvalue weighted by molar-refractivity contribution is 5.94. The second-order valence-electron chi connectivity index (χ2n) is 11.6. The monoisotopic (exact) mass is 534 g/mol. The van der Waals surface area contributed by atoms with Crippen LogP contribution in [0.15, 0.2) is 30.4 Å². The highest BCUT2D eigenvalue weighted by Gasteiger charge is 2.61. The van der Waals surface area contributed by atoms with Crippen LogP contribution in [-0.2, 0) is 21.9 Å². The van der Waals surface area contributed by atoms with Gasteiger partial charge in [0.1, 0.15) is 0 Å². The Hall–Kier alpha value is -2.52. The van der Waals surface area contributed by atoms with Crippen LogP contribution in [0.5, 0.6) is 0 Å². The lowest BCUT2D eigenvalue weighted by Gasteiger charge is -2.58. The van der Waals surface area contributed by atoms with Crippen LogP contribution in [0.25, 0.3) is 0 Å². The third-order valence-corrected chi connectivity index (χ3v) is 9.91. The number of benzene rings is 1. The van der Waals surface area contributed by atoms with Gasteiger partial charge in [0.15, 0.2) is 0 Å². The van der Waals surface area contributed by atoms with E-state index in [9.17, 15) is 35.9 Å². The number of fused-ring (bicyclic) bond motifs is 5. The van der Waals surface area contributed by atoms with E-state index in [1.807, 2.05) is 13.0 Å². The van der Waals surface area contributed by atoms with Crippen molar-refractivity contribution in [1.29, 1.82) is 0 Å². The summed E-state index contributed by atoms with van der Waals surface area (Å²) in [5.41, 5.74) is -4.06. The molecule has 0 saturated heterocycles. The number of carbonyl (C=O) groups is 2. The van der Waals surface area contributed by atoms with Crippen LogP contribution >= 0.6 is 0 Å². The molecule has 37 heavy (non-hydrogen) atoms.